The van der Waals surface area contributed by atoms with Gasteiger partial charge in [-0.3, -0.25) is 9.69 Å². The number of Topliss-reactive ketones (excluding diaryl/α,β-unsaturated/α-hetero) is 1. The van der Waals surface area contributed by atoms with Gasteiger partial charge < -0.3 is 0 Å². The van der Waals surface area contributed by atoms with Crippen LogP contribution < -0.4 is 0 Å². The van der Waals surface area contributed by atoms with Crippen LogP contribution in [0, 0.1) is 5.82 Å². The SMILES string of the molecule is CN(CC(=O)c1ccccc1F)Cc1ccsc1. The van der Waals surface area contributed by atoms with Crippen LogP contribution in [0.1, 0.15) is 15.9 Å². The molecular weight excluding hydrogens is 249 g/mol. The van der Waals surface area contributed by atoms with Gasteiger partial charge in [-0.1, -0.05) is 12.1 Å². The van der Waals surface area contributed by atoms with Crippen molar-refractivity contribution in [1.29, 1.82) is 0 Å². The van der Waals surface area contributed by atoms with Crippen LogP contribution in [-0.2, 0) is 6.54 Å². The number of hydrogen-bond donors (Lipinski definition) is 0. The number of ketones is 1. The second-order valence-corrected chi connectivity index (χ2v) is 4.99. The number of halogens is 1. The molecule has 2 aromatic rings. The normalized spacial score (nSPS) is 10.8. The molecule has 94 valence electrons. The molecule has 0 fully saturated rings. The highest BCUT2D eigenvalue weighted by molar-refractivity contribution is 7.07. The average Bonchev–Trinajstić information content (AvgIpc) is 2.82. The summed E-state index contributed by atoms with van der Waals surface area (Å²) in [4.78, 5) is 13.8. The first-order chi connectivity index (χ1) is 8.66. The predicted molar refractivity (Wildman–Crippen MR) is 71.4 cm³/mol. The van der Waals surface area contributed by atoms with Gasteiger partial charge in [-0.15, -0.1) is 0 Å². The molecule has 0 saturated carbocycles. The molecule has 0 aliphatic carbocycles. The third-order valence-electron chi connectivity index (χ3n) is 2.62. The minimum atomic E-state index is -0.452. The summed E-state index contributed by atoms with van der Waals surface area (Å²) in [5, 5.41) is 4.05. The summed E-state index contributed by atoms with van der Waals surface area (Å²) in [5.74, 6) is -0.641. The van der Waals surface area contributed by atoms with E-state index in [4.69, 9.17) is 0 Å². The summed E-state index contributed by atoms with van der Waals surface area (Å²) >= 11 is 1.63. The minimum Gasteiger partial charge on any atom is -0.295 e. The Balaban J connectivity index is 1.97. The molecule has 0 saturated heterocycles. The van der Waals surface area contributed by atoms with Crippen LogP contribution in [0.5, 0.6) is 0 Å². The summed E-state index contributed by atoms with van der Waals surface area (Å²) < 4.78 is 13.4. The molecule has 1 heterocycles. The lowest BCUT2D eigenvalue weighted by molar-refractivity contribution is 0.0939. The number of hydrogen-bond acceptors (Lipinski definition) is 3. The van der Waals surface area contributed by atoms with Gasteiger partial charge in [0.2, 0.25) is 0 Å². The molecule has 0 unspecified atom stereocenters. The van der Waals surface area contributed by atoms with Gasteiger partial charge in [0.05, 0.1) is 12.1 Å². The summed E-state index contributed by atoms with van der Waals surface area (Å²) in [6.07, 6.45) is 0. The second kappa shape index (κ2) is 5.89. The Morgan fingerprint density at radius 3 is 2.78 bits per heavy atom. The first-order valence-electron chi connectivity index (χ1n) is 5.64. The lowest BCUT2D eigenvalue weighted by Gasteiger charge is -2.15. The van der Waals surface area contributed by atoms with Gasteiger partial charge in [-0.2, -0.15) is 11.3 Å². The third-order valence-corrected chi connectivity index (χ3v) is 3.35. The molecule has 0 spiro atoms. The van der Waals surface area contributed by atoms with Crippen molar-refractivity contribution >= 4 is 17.1 Å². The molecule has 18 heavy (non-hydrogen) atoms. The topological polar surface area (TPSA) is 20.3 Å². The van der Waals surface area contributed by atoms with Crippen molar-refractivity contribution in [1.82, 2.24) is 4.90 Å². The zero-order valence-electron chi connectivity index (χ0n) is 10.1. The van der Waals surface area contributed by atoms with Crippen molar-refractivity contribution in [3.63, 3.8) is 0 Å². The Kier molecular flexibility index (Phi) is 4.23. The van der Waals surface area contributed by atoms with Crippen LogP contribution in [0.2, 0.25) is 0 Å². The highest BCUT2D eigenvalue weighted by Gasteiger charge is 2.13. The van der Waals surface area contributed by atoms with Gasteiger partial charge in [-0.05, 0) is 41.6 Å². The first-order valence-corrected chi connectivity index (χ1v) is 6.58. The van der Waals surface area contributed by atoms with Gasteiger partial charge >= 0.3 is 0 Å². The van der Waals surface area contributed by atoms with Crippen molar-refractivity contribution in [2.24, 2.45) is 0 Å². The molecule has 1 aromatic carbocycles. The fourth-order valence-electron chi connectivity index (χ4n) is 1.77. The van der Waals surface area contributed by atoms with Gasteiger partial charge in [0.25, 0.3) is 0 Å². The van der Waals surface area contributed by atoms with Crippen molar-refractivity contribution in [3.8, 4) is 0 Å². The van der Waals surface area contributed by atoms with Crippen LogP contribution in [0.25, 0.3) is 0 Å². The fraction of sp³-hybridized carbons (Fsp3) is 0.214. The predicted octanol–water partition coefficient (Wildman–Crippen LogP) is 3.20. The van der Waals surface area contributed by atoms with E-state index in [-0.39, 0.29) is 17.9 Å². The van der Waals surface area contributed by atoms with E-state index in [1.165, 1.54) is 17.7 Å². The molecule has 0 aliphatic rings. The van der Waals surface area contributed by atoms with Crippen LogP contribution >= 0.6 is 11.3 Å². The molecule has 0 bridgehead atoms. The summed E-state index contributed by atoms with van der Waals surface area (Å²) in [6.45, 7) is 0.917. The van der Waals surface area contributed by atoms with E-state index in [0.29, 0.717) is 6.54 Å². The van der Waals surface area contributed by atoms with Crippen molar-refractivity contribution in [3.05, 3.63) is 58.0 Å². The number of benzene rings is 1. The number of rotatable bonds is 5. The Labute approximate surface area is 110 Å². The molecular formula is C14H14FNOS. The third kappa shape index (κ3) is 3.24. The first kappa shape index (κ1) is 12.9. The van der Waals surface area contributed by atoms with Crippen molar-refractivity contribution < 1.29 is 9.18 Å². The molecule has 4 heteroatoms. The number of carbonyl (C=O) groups excluding carboxylic acids is 1. The molecule has 0 aliphatic heterocycles. The molecule has 1 aromatic heterocycles. The fourth-order valence-corrected chi connectivity index (χ4v) is 2.43. The quantitative estimate of drug-likeness (QED) is 0.772. The van der Waals surface area contributed by atoms with Crippen molar-refractivity contribution in [2.75, 3.05) is 13.6 Å². The second-order valence-electron chi connectivity index (χ2n) is 4.21. The Morgan fingerprint density at radius 2 is 2.11 bits per heavy atom. The Hall–Kier alpha value is -1.52. The zero-order valence-corrected chi connectivity index (χ0v) is 10.9. The number of thiophene rings is 1. The molecule has 0 radical (unpaired) electrons. The van der Waals surface area contributed by atoms with E-state index in [1.54, 1.807) is 23.5 Å². The Bertz CT molecular complexity index is 524. The highest BCUT2D eigenvalue weighted by Crippen LogP contribution is 2.11. The van der Waals surface area contributed by atoms with Crippen LogP contribution in [0.3, 0.4) is 0 Å². The van der Waals surface area contributed by atoms with E-state index < -0.39 is 5.82 Å². The molecule has 0 amide bonds. The van der Waals surface area contributed by atoms with E-state index in [9.17, 15) is 9.18 Å². The van der Waals surface area contributed by atoms with Gasteiger partial charge in [0, 0.05) is 6.54 Å². The molecule has 0 atom stereocenters. The number of carbonyl (C=O) groups is 1. The summed E-state index contributed by atoms with van der Waals surface area (Å²) in [7, 11) is 1.86. The Morgan fingerprint density at radius 1 is 1.33 bits per heavy atom. The lowest BCUT2D eigenvalue weighted by atomic mass is 10.1. The maximum absolute atomic E-state index is 13.4. The van der Waals surface area contributed by atoms with E-state index >= 15 is 0 Å². The van der Waals surface area contributed by atoms with E-state index in [0.717, 1.165) is 0 Å². The summed E-state index contributed by atoms with van der Waals surface area (Å²) in [6, 6.07) is 8.12. The van der Waals surface area contributed by atoms with Gasteiger partial charge in [-0.25, -0.2) is 4.39 Å². The van der Waals surface area contributed by atoms with Crippen LogP contribution in [0.15, 0.2) is 41.1 Å². The monoisotopic (exact) mass is 263 g/mol. The van der Waals surface area contributed by atoms with Gasteiger partial charge in [0.1, 0.15) is 5.82 Å². The molecule has 2 rings (SSSR count). The van der Waals surface area contributed by atoms with E-state index in [2.05, 4.69) is 0 Å². The van der Waals surface area contributed by atoms with Crippen LogP contribution in [-0.4, -0.2) is 24.3 Å². The van der Waals surface area contributed by atoms with Crippen molar-refractivity contribution in [2.45, 2.75) is 6.54 Å². The smallest absolute Gasteiger partial charge is 0.179 e. The molecule has 2 nitrogen and oxygen atoms in total. The largest absolute Gasteiger partial charge is 0.295 e. The van der Waals surface area contributed by atoms with E-state index in [1.807, 2.05) is 28.8 Å². The standard InChI is InChI=1S/C14H14FNOS/c1-16(8-11-6-7-18-10-11)9-14(17)12-4-2-3-5-13(12)15/h2-7,10H,8-9H2,1H3. The van der Waals surface area contributed by atoms with Gasteiger partial charge in [0.15, 0.2) is 5.78 Å². The number of nitrogens with zero attached hydrogens (tertiary/aromatic N) is 1. The lowest BCUT2D eigenvalue weighted by Crippen LogP contribution is -2.26. The summed E-state index contributed by atoms with van der Waals surface area (Å²) in [5.41, 5.74) is 1.33. The number of likely N-dealkylation sites (N-methyl/N-ethyl adjacent to an activating group) is 1. The van der Waals surface area contributed by atoms with Crippen LogP contribution in [0.4, 0.5) is 4.39 Å². The maximum Gasteiger partial charge on any atom is 0.179 e. The highest BCUT2D eigenvalue weighted by atomic mass is 32.1. The molecule has 0 N–H and O–H groups in total. The maximum atomic E-state index is 13.4. The zero-order chi connectivity index (χ0) is 13.0. The average molecular weight is 263 g/mol. The minimum absolute atomic E-state index is 0.162.